The topological polar surface area (TPSA) is 56.3 Å². The molecule has 1 atom stereocenters. The molecule has 0 saturated carbocycles. The van der Waals surface area contributed by atoms with Crippen molar-refractivity contribution in [1.82, 2.24) is 9.97 Å². The number of aliphatic imine (C=N–C) groups is 2. The van der Waals surface area contributed by atoms with Crippen LogP contribution in [-0.4, -0.2) is 21.4 Å². The van der Waals surface area contributed by atoms with Gasteiger partial charge in [-0.2, -0.15) is 0 Å². The summed E-state index contributed by atoms with van der Waals surface area (Å²) in [6.07, 6.45) is 13.5. The molecule has 6 rings (SSSR count). The second kappa shape index (κ2) is 5.30. The second-order valence-corrected chi connectivity index (χ2v) is 7.45. The van der Waals surface area contributed by atoms with Crippen LogP contribution in [0, 0.1) is 5.92 Å². The Balaban J connectivity index is 1.69. The van der Waals surface area contributed by atoms with Gasteiger partial charge in [-0.15, -0.1) is 0 Å². The minimum absolute atomic E-state index is 0.372. The van der Waals surface area contributed by atoms with Crippen molar-refractivity contribution in [3.05, 3.63) is 82.0 Å². The number of allylic oxidation sites excluding steroid dienone is 5. The normalized spacial score (nSPS) is 22.2. The van der Waals surface area contributed by atoms with E-state index < -0.39 is 0 Å². The maximum Gasteiger partial charge on any atom is 0.0693 e. The molecule has 4 aliphatic heterocycles. The Morgan fingerprint density at radius 3 is 2.85 bits per heavy atom. The Hall–Kier alpha value is -3.40. The molecule has 0 spiro atoms. The molecule has 0 aromatic carbocycles. The second-order valence-electron chi connectivity index (χ2n) is 7.45. The maximum absolute atomic E-state index is 4.95. The van der Waals surface area contributed by atoms with Crippen molar-refractivity contribution >= 4 is 34.7 Å². The smallest absolute Gasteiger partial charge is 0.0693 e. The van der Waals surface area contributed by atoms with E-state index in [0.29, 0.717) is 5.92 Å². The van der Waals surface area contributed by atoms with Crippen LogP contribution in [0.25, 0.3) is 23.3 Å². The molecule has 27 heavy (non-hydrogen) atoms. The van der Waals surface area contributed by atoms with Crippen LogP contribution in [0.2, 0.25) is 0 Å². The molecule has 0 fully saturated rings. The van der Waals surface area contributed by atoms with Crippen LogP contribution in [-0.2, 0) is 0 Å². The van der Waals surface area contributed by atoms with Crippen LogP contribution in [0.1, 0.15) is 24.7 Å². The summed E-state index contributed by atoms with van der Waals surface area (Å²) < 4.78 is 0. The highest BCUT2D eigenvalue weighted by Crippen LogP contribution is 2.37. The van der Waals surface area contributed by atoms with Gasteiger partial charge in [0.15, 0.2) is 0 Å². The van der Waals surface area contributed by atoms with Crippen LogP contribution in [0.4, 0.5) is 0 Å². The average Bonchev–Trinajstić information content (AvgIpc) is 3.41. The van der Waals surface area contributed by atoms with E-state index in [-0.39, 0.29) is 0 Å². The Morgan fingerprint density at radius 2 is 1.89 bits per heavy atom. The lowest BCUT2D eigenvalue weighted by atomic mass is 9.88. The van der Waals surface area contributed by atoms with Crippen LogP contribution >= 0.6 is 0 Å². The highest BCUT2D eigenvalue weighted by Gasteiger charge is 2.26. The van der Waals surface area contributed by atoms with Crippen molar-refractivity contribution in [2.24, 2.45) is 15.9 Å². The van der Waals surface area contributed by atoms with Gasteiger partial charge in [0.05, 0.1) is 22.8 Å². The Labute approximate surface area is 156 Å². The first-order valence-corrected chi connectivity index (χ1v) is 9.32. The molecule has 0 saturated heterocycles. The number of nitrogens with zero attached hydrogens (tertiary/aromatic N) is 2. The minimum atomic E-state index is 0.372. The van der Waals surface area contributed by atoms with Crippen LogP contribution < -0.4 is 10.7 Å². The molecule has 6 heterocycles. The van der Waals surface area contributed by atoms with E-state index in [1.54, 1.807) is 0 Å². The summed E-state index contributed by atoms with van der Waals surface area (Å²) in [4.78, 5) is 16.8. The van der Waals surface area contributed by atoms with E-state index >= 15 is 0 Å². The van der Waals surface area contributed by atoms with E-state index in [1.807, 2.05) is 0 Å². The van der Waals surface area contributed by atoms with Gasteiger partial charge in [-0.1, -0.05) is 6.92 Å². The van der Waals surface area contributed by atoms with Crippen molar-refractivity contribution in [3.8, 4) is 0 Å². The number of aromatic amines is 2. The summed E-state index contributed by atoms with van der Waals surface area (Å²) in [5, 5.41) is 2.20. The van der Waals surface area contributed by atoms with Gasteiger partial charge in [0.2, 0.25) is 0 Å². The zero-order valence-electron chi connectivity index (χ0n) is 15.0. The standard InChI is InChI=1S/C23H18N4/c1-13-10-18-19-6-4-16(25-19)11-14-2-3-15(24-14)12-17-5-7-21(26-17)23(13)22-9-8-20(18)27-22/h2-9,11-13,25-26H,10H2,1H3. The molecule has 4 aliphatic rings. The third-order valence-electron chi connectivity index (χ3n) is 5.55. The number of nitrogens with one attached hydrogen (secondary N) is 2. The predicted octanol–water partition coefficient (Wildman–Crippen LogP) is 3.10. The Bertz CT molecular complexity index is 1300. The molecule has 4 heteroatoms. The number of aromatic nitrogens is 2. The molecule has 2 aromatic heterocycles. The molecular formula is C23H18N4. The summed E-state index contributed by atoms with van der Waals surface area (Å²) in [6, 6.07) is 8.55. The maximum atomic E-state index is 4.95. The number of hydrogen-bond acceptors (Lipinski definition) is 2. The van der Waals surface area contributed by atoms with Gasteiger partial charge in [-0.3, -0.25) is 0 Å². The van der Waals surface area contributed by atoms with Crippen LogP contribution in [0.15, 0.2) is 69.9 Å². The number of rotatable bonds is 0. The van der Waals surface area contributed by atoms with E-state index in [9.17, 15) is 0 Å². The SMILES string of the molecule is CC1CC2=C3C=CC(=N3)C1=c1ccc([nH]1)=CC1=NC(=Cc3ccc2[nH]3)C=C1. The summed E-state index contributed by atoms with van der Waals surface area (Å²) >= 11 is 0. The third-order valence-corrected chi connectivity index (χ3v) is 5.55. The van der Waals surface area contributed by atoms with Crippen molar-refractivity contribution in [2.45, 2.75) is 13.3 Å². The monoisotopic (exact) mass is 350 g/mol. The summed E-state index contributed by atoms with van der Waals surface area (Å²) in [5.74, 6) is 0.372. The first-order valence-electron chi connectivity index (χ1n) is 9.32. The lowest BCUT2D eigenvalue weighted by molar-refractivity contribution is 0.779. The van der Waals surface area contributed by atoms with Gasteiger partial charge in [0.1, 0.15) is 0 Å². The van der Waals surface area contributed by atoms with Crippen molar-refractivity contribution in [3.63, 3.8) is 0 Å². The molecule has 0 amide bonds. The number of H-pyrrole nitrogens is 2. The molecule has 4 nitrogen and oxygen atoms in total. The fourth-order valence-corrected chi connectivity index (χ4v) is 4.30. The van der Waals surface area contributed by atoms with E-state index in [4.69, 9.17) is 9.98 Å². The molecule has 0 radical (unpaired) electrons. The van der Waals surface area contributed by atoms with E-state index in [2.05, 4.69) is 77.6 Å². The highest BCUT2D eigenvalue weighted by molar-refractivity contribution is 6.27. The molecule has 2 aromatic rings. The molecule has 10 bridgehead atoms. The quantitative estimate of drug-likeness (QED) is 0.734. The van der Waals surface area contributed by atoms with Gasteiger partial charge in [0.25, 0.3) is 0 Å². The Kier molecular flexibility index (Phi) is 2.89. The van der Waals surface area contributed by atoms with Gasteiger partial charge >= 0.3 is 0 Å². The van der Waals surface area contributed by atoms with Crippen molar-refractivity contribution in [2.75, 3.05) is 0 Å². The van der Waals surface area contributed by atoms with E-state index in [0.717, 1.165) is 51.3 Å². The fourth-order valence-electron chi connectivity index (χ4n) is 4.30. The van der Waals surface area contributed by atoms with Crippen molar-refractivity contribution in [1.29, 1.82) is 0 Å². The summed E-state index contributed by atoms with van der Waals surface area (Å²) in [5.41, 5.74) is 8.80. The predicted molar refractivity (Wildman–Crippen MR) is 111 cm³/mol. The van der Waals surface area contributed by atoms with Gasteiger partial charge in [0, 0.05) is 33.2 Å². The minimum Gasteiger partial charge on any atom is -0.355 e. The third kappa shape index (κ3) is 2.30. The summed E-state index contributed by atoms with van der Waals surface area (Å²) in [7, 11) is 0. The zero-order chi connectivity index (χ0) is 18.0. The molecule has 1 unspecified atom stereocenters. The largest absolute Gasteiger partial charge is 0.355 e. The van der Waals surface area contributed by atoms with Gasteiger partial charge in [-0.25, -0.2) is 9.98 Å². The zero-order valence-corrected chi connectivity index (χ0v) is 15.0. The highest BCUT2D eigenvalue weighted by atomic mass is 14.8. The lowest BCUT2D eigenvalue weighted by Gasteiger charge is -2.15. The average molecular weight is 350 g/mol. The molecular weight excluding hydrogens is 332 g/mol. The van der Waals surface area contributed by atoms with Gasteiger partial charge in [-0.05, 0) is 73.1 Å². The van der Waals surface area contributed by atoms with Crippen LogP contribution in [0.3, 0.4) is 0 Å². The van der Waals surface area contributed by atoms with Gasteiger partial charge < -0.3 is 9.97 Å². The van der Waals surface area contributed by atoms with E-state index in [1.165, 1.54) is 11.1 Å². The fraction of sp³-hybridized carbons (Fsp3) is 0.130. The first-order chi connectivity index (χ1) is 13.2. The lowest BCUT2D eigenvalue weighted by Crippen LogP contribution is -2.21. The molecule has 2 N–H and O–H groups in total. The van der Waals surface area contributed by atoms with Crippen molar-refractivity contribution < 1.29 is 0 Å². The number of fused-ring (bicyclic) bond motifs is 11. The van der Waals surface area contributed by atoms with Crippen LogP contribution in [0.5, 0.6) is 0 Å². The first kappa shape index (κ1) is 14.7. The molecule has 0 aliphatic carbocycles. The Morgan fingerprint density at radius 1 is 0.926 bits per heavy atom. The molecule has 130 valence electrons. The number of hydrogen-bond donors (Lipinski definition) is 2. The summed E-state index contributed by atoms with van der Waals surface area (Å²) in [6.45, 7) is 2.29.